The average Bonchev–Trinajstić information content (AvgIpc) is 3.90. The fourth-order valence-electron chi connectivity index (χ4n) is 5.79. The molecule has 5 rings (SSSR count). The number of carbonyl (C=O) groups is 1. The van der Waals surface area contributed by atoms with Gasteiger partial charge in [-0.15, -0.1) is 5.10 Å². The van der Waals surface area contributed by atoms with Gasteiger partial charge in [0.2, 0.25) is 5.91 Å². The number of hydrogen-bond acceptors (Lipinski definition) is 12. The number of carbonyl (C=O) groups excluding carboxylic acids is 1. The van der Waals surface area contributed by atoms with Crippen molar-refractivity contribution in [1.29, 1.82) is 0 Å². The zero-order valence-corrected chi connectivity index (χ0v) is 31.6. The lowest BCUT2D eigenvalue weighted by atomic mass is 10.1. The number of H-pyrrole nitrogens is 2. The number of amides is 1. The van der Waals surface area contributed by atoms with Crippen LogP contribution < -0.4 is 27.8 Å². The van der Waals surface area contributed by atoms with Crippen molar-refractivity contribution in [1.82, 2.24) is 39.4 Å². The average molecular weight is 789 g/mol. The molecule has 4 N–H and O–H groups in total. The van der Waals surface area contributed by atoms with Gasteiger partial charge >= 0.3 is 11.4 Å². The van der Waals surface area contributed by atoms with Crippen LogP contribution in [0.15, 0.2) is 37.8 Å². The molecule has 18 nitrogen and oxygen atoms in total. The number of nitrogens with one attached hydrogen (secondary N) is 3. The van der Waals surface area contributed by atoms with Crippen LogP contribution in [0.1, 0.15) is 67.8 Å². The van der Waals surface area contributed by atoms with Crippen molar-refractivity contribution in [2.24, 2.45) is 0 Å². The summed E-state index contributed by atoms with van der Waals surface area (Å²) in [5.74, 6) is 10.9. The largest absolute Gasteiger partial charge is 0.394 e. The van der Waals surface area contributed by atoms with Gasteiger partial charge in [-0.05, 0) is 46.2 Å². The molecule has 53 heavy (non-hydrogen) atoms. The highest BCUT2D eigenvalue weighted by Gasteiger charge is 2.36. The second-order valence-corrected chi connectivity index (χ2v) is 17.6. The summed E-state index contributed by atoms with van der Waals surface area (Å²) in [6.45, 7) is -0.389. The Bertz CT molecular complexity index is 2110. The topological polar surface area (TPSA) is 235 Å². The van der Waals surface area contributed by atoms with E-state index in [4.69, 9.17) is 14.2 Å². The molecular weight excluding hydrogens is 749 g/mol. The molecular formula is C32H39N8O10P3. The van der Waals surface area contributed by atoms with Gasteiger partial charge in [0.1, 0.15) is 36.2 Å². The molecule has 0 aromatic carbocycles. The van der Waals surface area contributed by atoms with Gasteiger partial charge in [0.25, 0.3) is 11.1 Å². The van der Waals surface area contributed by atoms with Crippen LogP contribution in [0.25, 0.3) is 0 Å². The molecule has 282 valence electrons. The lowest BCUT2D eigenvalue weighted by Crippen LogP contribution is -2.33. The second kappa shape index (κ2) is 19.8. The Balaban J connectivity index is 1.04. The summed E-state index contributed by atoms with van der Waals surface area (Å²) in [5.41, 5.74) is -1.58. The molecule has 5 heterocycles. The van der Waals surface area contributed by atoms with Gasteiger partial charge in [-0.25, -0.2) is 14.3 Å². The van der Waals surface area contributed by atoms with Crippen LogP contribution in [0.2, 0.25) is 0 Å². The highest BCUT2D eigenvalue weighted by Crippen LogP contribution is 2.48. The fourth-order valence-corrected chi connectivity index (χ4v) is 9.02. The Labute approximate surface area is 307 Å². The molecule has 0 aliphatic carbocycles. The number of rotatable bonds is 15. The smallest absolute Gasteiger partial charge is 0.330 e. The van der Waals surface area contributed by atoms with E-state index in [0.29, 0.717) is 54.0 Å². The van der Waals surface area contributed by atoms with Crippen molar-refractivity contribution in [3.63, 3.8) is 0 Å². The molecule has 2 fully saturated rings. The number of aromatic amines is 2. The molecule has 1 amide bonds. The number of nitrogens with zero attached hydrogens (tertiary/aromatic N) is 5. The van der Waals surface area contributed by atoms with E-state index in [1.807, 2.05) is 0 Å². The highest BCUT2D eigenvalue weighted by atomic mass is 32.4. The maximum Gasteiger partial charge on any atom is 0.330 e. The maximum absolute atomic E-state index is 12.4. The number of aliphatic hydroxyl groups is 1. The van der Waals surface area contributed by atoms with Crippen LogP contribution in [-0.4, -0.2) is 89.8 Å². The SMILES string of the molecule is COC1C[C@H](n2cc(C#CCCCCc3cn(CC(=O)NCC#Cc4cn([C@H]5CC[C@@H](CPPP=O)O5)c(=O)[nH]c4=O)nn3)c(=O)[nH]c2=O)O[C@@H]1CO. The third kappa shape index (κ3) is 11.2. The van der Waals surface area contributed by atoms with E-state index in [1.165, 1.54) is 33.3 Å². The van der Waals surface area contributed by atoms with E-state index >= 15 is 0 Å². The van der Waals surface area contributed by atoms with Gasteiger partial charge in [-0.3, -0.25) is 38.1 Å². The molecule has 21 heteroatoms. The maximum atomic E-state index is 12.4. The number of methoxy groups -OCH3 is 1. The fraction of sp³-hybridized carbons (Fsp3) is 0.531. The van der Waals surface area contributed by atoms with Crippen molar-refractivity contribution in [2.75, 3.05) is 26.4 Å². The standard InChI is InChI=1S/C32H39N8O10P3/c1-48-24-13-28(50-25(24)18-41)40-15-20(29(43)35-32(40)46)7-4-2-3-5-9-22-16-38(37-36-22)17-26(42)33-12-6-8-21-14-39(31(45)34-30(21)44)27-11-10-23(49-27)19-51-53-52-47/h14-16,23-25,27-28,41,51,53H,2-3,5,9-13,17-19H2,1H3,(H,33,42)(H,34,44,45)(H,35,43,46)/t23-,24?,25+,27+,28+/m0/s1. The Morgan fingerprint density at radius 1 is 1.04 bits per heavy atom. The van der Waals surface area contributed by atoms with Crippen molar-refractivity contribution < 1.29 is 28.7 Å². The van der Waals surface area contributed by atoms with Crippen LogP contribution in [0.3, 0.4) is 0 Å². The number of ether oxygens (including phenoxy) is 3. The van der Waals surface area contributed by atoms with Crippen molar-refractivity contribution in [3.8, 4) is 23.7 Å². The van der Waals surface area contributed by atoms with E-state index in [0.717, 1.165) is 19.0 Å². The minimum atomic E-state index is -0.704. The molecule has 0 saturated carbocycles. The monoisotopic (exact) mass is 788 g/mol. The molecule has 0 spiro atoms. The van der Waals surface area contributed by atoms with Crippen LogP contribution >= 0.6 is 24.4 Å². The first kappa shape index (κ1) is 40.1. The first-order valence-electron chi connectivity index (χ1n) is 16.8. The van der Waals surface area contributed by atoms with Crippen LogP contribution in [-0.2, 0) is 36.5 Å². The normalized spacial score (nSPS) is 21.3. The minimum Gasteiger partial charge on any atom is -0.394 e. The molecule has 0 radical (unpaired) electrons. The number of aromatic nitrogens is 7. The lowest BCUT2D eigenvalue weighted by Gasteiger charge is -2.15. The van der Waals surface area contributed by atoms with E-state index in [9.17, 15) is 33.6 Å². The summed E-state index contributed by atoms with van der Waals surface area (Å²) >= 11 is 0. The molecule has 7 atom stereocenters. The van der Waals surface area contributed by atoms with Gasteiger partial charge in [0, 0.05) is 38.5 Å². The van der Waals surface area contributed by atoms with Crippen molar-refractivity contribution in [2.45, 2.75) is 82.3 Å². The quantitative estimate of drug-likeness (QED) is 0.0929. The van der Waals surface area contributed by atoms with Gasteiger partial charge in [0.05, 0.1) is 31.1 Å². The molecule has 3 aromatic rings. The number of aryl methyl sites for hydroxylation is 1. The predicted molar refractivity (Wildman–Crippen MR) is 196 cm³/mol. The third-order valence-corrected chi connectivity index (χ3v) is 13.0. The van der Waals surface area contributed by atoms with Gasteiger partial charge in [0.15, 0.2) is 8.15 Å². The summed E-state index contributed by atoms with van der Waals surface area (Å²) in [6, 6.07) is 0. The summed E-state index contributed by atoms with van der Waals surface area (Å²) in [4.78, 5) is 66.4. The summed E-state index contributed by atoms with van der Waals surface area (Å²) < 4.78 is 31.7. The molecule has 3 aromatic heterocycles. The molecule has 2 aliphatic heterocycles. The number of hydrogen-bond donors (Lipinski definition) is 4. The van der Waals surface area contributed by atoms with Crippen LogP contribution in [0, 0.1) is 23.7 Å². The zero-order chi connectivity index (χ0) is 37.7. The third-order valence-electron chi connectivity index (χ3n) is 8.46. The molecule has 2 saturated heterocycles. The van der Waals surface area contributed by atoms with Gasteiger partial charge in [-0.2, -0.15) is 0 Å². The lowest BCUT2D eigenvalue weighted by molar-refractivity contribution is -0.121. The van der Waals surface area contributed by atoms with E-state index in [2.05, 4.69) is 49.3 Å². The number of aliphatic hydroxyl groups excluding tert-OH is 1. The first-order valence-corrected chi connectivity index (χ1v) is 21.6. The molecule has 3 unspecified atom stereocenters. The predicted octanol–water partition coefficient (Wildman–Crippen LogP) is 0.362. The second-order valence-electron chi connectivity index (χ2n) is 12.1. The van der Waals surface area contributed by atoms with Gasteiger partial charge < -0.3 is 24.6 Å². The first-order chi connectivity index (χ1) is 25.7. The van der Waals surface area contributed by atoms with E-state index < -0.39 is 41.1 Å². The van der Waals surface area contributed by atoms with Crippen molar-refractivity contribution in [3.05, 3.63) is 77.1 Å². The van der Waals surface area contributed by atoms with Gasteiger partial charge in [-0.1, -0.05) is 37.2 Å². The highest BCUT2D eigenvalue weighted by molar-refractivity contribution is 8.40. The number of unbranched alkanes of at least 4 members (excludes halogenated alkanes) is 2. The summed E-state index contributed by atoms with van der Waals surface area (Å²) in [7, 11) is 2.50. The van der Waals surface area contributed by atoms with E-state index in [1.54, 1.807) is 6.20 Å². The Kier molecular flexibility index (Phi) is 15.0. The summed E-state index contributed by atoms with van der Waals surface area (Å²) in [5, 5.41) is 20.3. The van der Waals surface area contributed by atoms with Crippen LogP contribution in [0.4, 0.5) is 0 Å². The molecule has 0 bridgehead atoms. The Morgan fingerprint density at radius 2 is 1.75 bits per heavy atom. The van der Waals surface area contributed by atoms with E-state index in [-0.39, 0.29) is 57.1 Å². The Morgan fingerprint density at radius 3 is 2.43 bits per heavy atom. The Hall–Kier alpha value is -4.11. The van der Waals surface area contributed by atoms with Crippen molar-refractivity contribution >= 4 is 30.3 Å². The van der Waals surface area contributed by atoms with Crippen LogP contribution in [0.5, 0.6) is 0 Å². The zero-order valence-electron chi connectivity index (χ0n) is 28.7. The summed E-state index contributed by atoms with van der Waals surface area (Å²) in [6.07, 6.45) is 7.15. The minimum absolute atomic E-state index is 0.0333. The molecule has 2 aliphatic rings.